The molecule has 0 saturated carbocycles. The van der Waals surface area contributed by atoms with E-state index in [0.29, 0.717) is 5.02 Å². The second kappa shape index (κ2) is 6.54. The summed E-state index contributed by atoms with van der Waals surface area (Å²) in [6, 6.07) is 4.06. The van der Waals surface area contributed by atoms with Crippen LogP contribution < -0.4 is 4.74 Å². The van der Waals surface area contributed by atoms with Gasteiger partial charge in [0.25, 0.3) is 0 Å². The van der Waals surface area contributed by atoms with Gasteiger partial charge in [0.15, 0.2) is 0 Å². The second-order valence-corrected chi connectivity index (χ2v) is 7.11. The molecule has 1 unspecified atom stereocenters. The number of halogens is 1. The Balaban J connectivity index is 1.72. The highest BCUT2D eigenvalue weighted by Gasteiger charge is 2.19. The van der Waals surface area contributed by atoms with Crippen LogP contribution in [-0.2, 0) is 19.5 Å². The van der Waals surface area contributed by atoms with Crippen LogP contribution >= 0.6 is 22.9 Å². The summed E-state index contributed by atoms with van der Waals surface area (Å²) in [6.07, 6.45) is 2.36. The summed E-state index contributed by atoms with van der Waals surface area (Å²) in [5.41, 5.74) is 2.57. The van der Waals surface area contributed by atoms with Gasteiger partial charge in [-0.15, -0.1) is 11.3 Å². The molecule has 0 amide bonds. The van der Waals surface area contributed by atoms with Crippen molar-refractivity contribution in [2.75, 3.05) is 13.7 Å². The van der Waals surface area contributed by atoms with E-state index in [0.717, 1.165) is 36.8 Å². The molecule has 1 N–H and O–H groups in total. The third kappa shape index (κ3) is 3.27. The molecule has 2 heterocycles. The first kappa shape index (κ1) is 15.7. The van der Waals surface area contributed by atoms with Gasteiger partial charge in [0.1, 0.15) is 16.9 Å². The third-order valence-corrected chi connectivity index (χ3v) is 5.32. The van der Waals surface area contributed by atoms with Gasteiger partial charge in [0, 0.05) is 30.7 Å². The lowest BCUT2D eigenvalue weighted by atomic mass is 9.99. The molecule has 1 aliphatic heterocycles. The van der Waals surface area contributed by atoms with Crippen molar-refractivity contribution in [1.29, 1.82) is 0 Å². The first-order valence-electron chi connectivity index (χ1n) is 7.27. The number of nitrogens with zero attached hydrogens (tertiary/aromatic N) is 2. The summed E-state index contributed by atoms with van der Waals surface area (Å²) < 4.78 is 5.28. The Morgan fingerprint density at radius 3 is 2.95 bits per heavy atom. The number of methoxy groups -OCH3 is 1. The monoisotopic (exact) mass is 338 g/mol. The molecule has 1 atom stereocenters. The number of hydrogen-bond donors (Lipinski definition) is 1. The van der Waals surface area contributed by atoms with Crippen molar-refractivity contribution in [3.63, 3.8) is 0 Å². The third-order valence-electron chi connectivity index (χ3n) is 3.87. The number of thiazole rings is 1. The molecule has 22 heavy (non-hydrogen) atoms. The maximum atomic E-state index is 9.56. The number of rotatable bonds is 4. The lowest BCUT2D eigenvalue weighted by molar-refractivity contribution is 0.199. The number of hydrogen-bond acceptors (Lipinski definition) is 5. The number of aromatic nitrogens is 1. The van der Waals surface area contributed by atoms with Gasteiger partial charge in [0.2, 0.25) is 0 Å². The van der Waals surface area contributed by atoms with E-state index in [1.807, 2.05) is 18.3 Å². The average molecular weight is 339 g/mol. The molecule has 1 aliphatic rings. The second-order valence-electron chi connectivity index (χ2n) is 5.56. The van der Waals surface area contributed by atoms with E-state index < -0.39 is 6.10 Å². The Hall–Kier alpha value is -1.14. The first-order valence-corrected chi connectivity index (χ1v) is 8.46. The highest BCUT2D eigenvalue weighted by molar-refractivity contribution is 7.11. The molecule has 3 rings (SSSR count). The maximum absolute atomic E-state index is 9.56. The van der Waals surface area contributed by atoms with Crippen LogP contribution in [0, 0.1) is 0 Å². The molecule has 6 heteroatoms. The van der Waals surface area contributed by atoms with Crippen LogP contribution in [0.1, 0.15) is 34.0 Å². The summed E-state index contributed by atoms with van der Waals surface area (Å²) in [5.74, 6) is 0.748. The predicted octanol–water partition coefficient (Wildman–Crippen LogP) is 3.42. The molecule has 0 spiro atoms. The average Bonchev–Trinajstić information content (AvgIpc) is 2.95. The van der Waals surface area contributed by atoms with Gasteiger partial charge in [0.05, 0.1) is 12.1 Å². The Labute approximate surface area is 139 Å². The highest BCUT2D eigenvalue weighted by Crippen LogP contribution is 2.32. The van der Waals surface area contributed by atoms with Gasteiger partial charge >= 0.3 is 0 Å². The van der Waals surface area contributed by atoms with Gasteiger partial charge in [-0.2, -0.15) is 0 Å². The Morgan fingerprint density at radius 1 is 1.45 bits per heavy atom. The number of benzene rings is 1. The summed E-state index contributed by atoms with van der Waals surface area (Å²) in [5, 5.41) is 11.0. The van der Waals surface area contributed by atoms with Crippen molar-refractivity contribution in [2.24, 2.45) is 0 Å². The van der Waals surface area contributed by atoms with Crippen LogP contribution in [0.3, 0.4) is 0 Å². The van der Waals surface area contributed by atoms with E-state index in [4.69, 9.17) is 16.3 Å². The van der Waals surface area contributed by atoms with Gasteiger partial charge in [-0.1, -0.05) is 11.6 Å². The molecule has 0 aliphatic carbocycles. The molecule has 0 radical (unpaired) electrons. The number of ether oxygens (including phenoxy) is 1. The zero-order valence-electron chi connectivity index (χ0n) is 12.7. The summed E-state index contributed by atoms with van der Waals surface area (Å²) in [4.78, 5) is 7.83. The van der Waals surface area contributed by atoms with E-state index >= 15 is 0 Å². The van der Waals surface area contributed by atoms with Crippen molar-refractivity contribution < 1.29 is 9.84 Å². The number of aliphatic hydroxyl groups is 1. The quantitative estimate of drug-likeness (QED) is 0.927. The molecule has 4 nitrogen and oxygen atoms in total. The number of aliphatic hydroxyl groups excluding tert-OH is 1. The Bertz CT molecular complexity index is 672. The van der Waals surface area contributed by atoms with Crippen LogP contribution in [0.5, 0.6) is 5.75 Å². The molecule has 118 valence electrons. The van der Waals surface area contributed by atoms with Crippen molar-refractivity contribution in [3.8, 4) is 5.75 Å². The van der Waals surface area contributed by atoms with E-state index in [1.165, 1.54) is 16.0 Å². The standard InChI is InChI=1S/C16H19ClN2O2S/c1-10(20)16-18-7-13(22-16)9-19-4-3-11-6-15(21-2)14(17)5-12(11)8-19/h5-7,10,20H,3-4,8-9H2,1-2H3. The fourth-order valence-corrected chi connectivity index (χ4v) is 3.88. The van der Waals surface area contributed by atoms with Gasteiger partial charge < -0.3 is 9.84 Å². The minimum Gasteiger partial charge on any atom is -0.495 e. The van der Waals surface area contributed by atoms with Crippen LogP contribution in [0.4, 0.5) is 0 Å². The summed E-state index contributed by atoms with van der Waals surface area (Å²) in [7, 11) is 1.65. The topological polar surface area (TPSA) is 45.6 Å². The van der Waals surface area contributed by atoms with Gasteiger partial charge in [-0.3, -0.25) is 4.90 Å². The van der Waals surface area contributed by atoms with Crippen LogP contribution in [0.2, 0.25) is 5.02 Å². The van der Waals surface area contributed by atoms with Crippen molar-refractivity contribution in [1.82, 2.24) is 9.88 Å². The van der Waals surface area contributed by atoms with Gasteiger partial charge in [-0.25, -0.2) is 4.98 Å². The maximum Gasteiger partial charge on any atom is 0.137 e. The fraction of sp³-hybridized carbons (Fsp3) is 0.438. The first-order chi connectivity index (χ1) is 10.6. The van der Waals surface area contributed by atoms with Crippen LogP contribution in [-0.4, -0.2) is 28.6 Å². The molecule has 0 saturated heterocycles. The van der Waals surface area contributed by atoms with Crippen molar-refractivity contribution >= 4 is 22.9 Å². The normalized spacial score (nSPS) is 16.4. The van der Waals surface area contributed by atoms with E-state index in [-0.39, 0.29) is 0 Å². The molecule has 0 fully saturated rings. The smallest absolute Gasteiger partial charge is 0.137 e. The van der Waals surface area contributed by atoms with E-state index in [2.05, 4.69) is 9.88 Å². The van der Waals surface area contributed by atoms with Crippen molar-refractivity contribution in [2.45, 2.75) is 32.5 Å². The zero-order valence-corrected chi connectivity index (χ0v) is 14.2. The highest BCUT2D eigenvalue weighted by atomic mass is 35.5. The van der Waals surface area contributed by atoms with Crippen LogP contribution in [0.15, 0.2) is 18.3 Å². The van der Waals surface area contributed by atoms with E-state index in [9.17, 15) is 5.11 Å². The SMILES string of the molecule is COc1cc2c(cc1Cl)CN(Cc1cnc(C(C)O)s1)CC2. The van der Waals surface area contributed by atoms with Crippen molar-refractivity contribution in [3.05, 3.63) is 44.4 Å². The molecular formula is C16H19ClN2O2S. The largest absolute Gasteiger partial charge is 0.495 e. The Morgan fingerprint density at radius 2 is 2.27 bits per heavy atom. The minimum absolute atomic E-state index is 0.493. The summed E-state index contributed by atoms with van der Waals surface area (Å²) in [6.45, 7) is 4.48. The lowest BCUT2D eigenvalue weighted by Crippen LogP contribution is -2.29. The molecule has 0 bridgehead atoms. The summed E-state index contributed by atoms with van der Waals surface area (Å²) >= 11 is 7.80. The van der Waals surface area contributed by atoms with Crippen LogP contribution in [0.25, 0.3) is 0 Å². The molecular weight excluding hydrogens is 320 g/mol. The molecule has 1 aromatic heterocycles. The fourth-order valence-electron chi connectivity index (χ4n) is 2.72. The van der Waals surface area contributed by atoms with Gasteiger partial charge in [-0.05, 0) is 36.6 Å². The van der Waals surface area contributed by atoms with E-state index in [1.54, 1.807) is 25.4 Å². The molecule has 1 aromatic carbocycles. The number of fused-ring (bicyclic) bond motifs is 1. The Kier molecular flexibility index (Phi) is 4.68. The zero-order chi connectivity index (χ0) is 15.7. The minimum atomic E-state index is -0.493. The predicted molar refractivity (Wildman–Crippen MR) is 88.6 cm³/mol. The lowest BCUT2D eigenvalue weighted by Gasteiger charge is -2.28. The molecule has 2 aromatic rings.